The van der Waals surface area contributed by atoms with Gasteiger partial charge in [0.25, 0.3) is 0 Å². The molecule has 0 aliphatic rings. The van der Waals surface area contributed by atoms with Gasteiger partial charge in [0.15, 0.2) is 0 Å². The highest BCUT2D eigenvalue weighted by Gasteiger charge is 1.92. The van der Waals surface area contributed by atoms with Crippen LogP contribution in [0.1, 0.15) is 0 Å². The van der Waals surface area contributed by atoms with E-state index in [0.29, 0.717) is 0 Å². The zero-order chi connectivity index (χ0) is 7.28. The first kappa shape index (κ1) is 7.44. The second-order valence-electron chi connectivity index (χ2n) is 1.28. The Hall–Kier alpha value is -1.56. The molecule has 9 heavy (non-hydrogen) atoms. The molecule has 0 radical (unpaired) electrons. The Morgan fingerprint density at radius 2 is 2.33 bits per heavy atom. The van der Waals surface area contributed by atoms with Crippen LogP contribution < -0.4 is 5.32 Å². The molecule has 0 heterocycles. The Balaban J connectivity index is 3.77. The van der Waals surface area contributed by atoms with E-state index in [1.807, 2.05) is 0 Å². The molecule has 0 unspecified atom stereocenters. The van der Waals surface area contributed by atoms with Gasteiger partial charge < -0.3 is 5.32 Å². The third kappa shape index (κ3) is 3.06. The van der Waals surface area contributed by atoms with Crippen molar-refractivity contribution >= 4 is 5.91 Å². The highest BCUT2D eigenvalue weighted by Crippen LogP contribution is 1.77. The van der Waals surface area contributed by atoms with Gasteiger partial charge in [-0.2, -0.15) is 5.26 Å². The van der Waals surface area contributed by atoms with E-state index in [1.165, 1.54) is 0 Å². The first-order valence-corrected chi connectivity index (χ1v) is 2.23. The van der Waals surface area contributed by atoms with Gasteiger partial charge in [-0.15, -0.1) is 0 Å². The van der Waals surface area contributed by atoms with Crippen molar-refractivity contribution < 1.29 is 4.79 Å². The average Bonchev–Trinajstić information content (AvgIpc) is 1.87. The molecular formula is C6H6N2O. The zero-order valence-corrected chi connectivity index (χ0v) is 4.85. The average molecular weight is 122 g/mol. The predicted octanol–water partition coefficient (Wildman–Crippen LogP) is 0.326. The molecule has 0 aromatic rings. The van der Waals surface area contributed by atoms with Gasteiger partial charge in [0.05, 0.1) is 0 Å². The van der Waals surface area contributed by atoms with Gasteiger partial charge in [0.1, 0.15) is 11.8 Å². The summed E-state index contributed by atoms with van der Waals surface area (Å²) < 4.78 is 0. The standard InChI is InChI=1S/C6H6N2O/c1-3-6(9)8-5(2)4-7/h3H,1-2H2,(H,8,9). The van der Waals surface area contributed by atoms with Crippen molar-refractivity contribution in [2.75, 3.05) is 0 Å². The number of rotatable bonds is 2. The normalized spacial score (nSPS) is 7.00. The number of amides is 1. The van der Waals surface area contributed by atoms with E-state index >= 15 is 0 Å². The van der Waals surface area contributed by atoms with Crippen LogP contribution in [-0.2, 0) is 4.79 Å². The molecule has 0 atom stereocenters. The van der Waals surface area contributed by atoms with Crippen LogP contribution in [0.3, 0.4) is 0 Å². The van der Waals surface area contributed by atoms with Crippen LogP contribution in [0.15, 0.2) is 24.9 Å². The number of nitrogens with zero attached hydrogens (tertiary/aromatic N) is 1. The Labute approximate surface area is 53.3 Å². The first-order chi connectivity index (χ1) is 4.20. The van der Waals surface area contributed by atoms with Crippen LogP contribution in [0.4, 0.5) is 0 Å². The molecule has 0 bridgehead atoms. The van der Waals surface area contributed by atoms with Crippen LogP contribution >= 0.6 is 0 Å². The molecule has 0 saturated carbocycles. The van der Waals surface area contributed by atoms with E-state index in [0.717, 1.165) is 6.08 Å². The number of hydrogen-bond acceptors (Lipinski definition) is 2. The summed E-state index contributed by atoms with van der Waals surface area (Å²) in [7, 11) is 0. The van der Waals surface area contributed by atoms with E-state index in [9.17, 15) is 4.79 Å². The fourth-order valence-electron chi connectivity index (χ4n) is 0.228. The summed E-state index contributed by atoms with van der Waals surface area (Å²) in [6.45, 7) is 6.41. The Bertz CT molecular complexity index is 188. The lowest BCUT2D eigenvalue weighted by atomic mass is 10.5. The van der Waals surface area contributed by atoms with Gasteiger partial charge in [0.2, 0.25) is 5.91 Å². The van der Waals surface area contributed by atoms with Crippen molar-refractivity contribution in [1.82, 2.24) is 5.32 Å². The zero-order valence-electron chi connectivity index (χ0n) is 4.85. The number of allylic oxidation sites excluding steroid dienone is 1. The first-order valence-electron chi connectivity index (χ1n) is 2.23. The van der Waals surface area contributed by atoms with E-state index in [4.69, 9.17) is 5.26 Å². The summed E-state index contributed by atoms with van der Waals surface area (Å²) in [6.07, 6.45) is 1.07. The van der Waals surface area contributed by atoms with Crippen molar-refractivity contribution in [2.45, 2.75) is 0 Å². The Morgan fingerprint density at radius 1 is 1.78 bits per heavy atom. The highest BCUT2D eigenvalue weighted by atomic mass is 16.1. The lowest BCUT2D eigenvalue weighted by Crippen LogP contribution is -2.17. The third-order valence-electron chi connectivity index (χ3n) is 0.594. The molecule has 0 saturated heterocycles. The fourth-order valence-corrected chi connectivity index (χ4v) is 0.228. The second-order valence-corrected chi connectivity index (χ2v) is 1.28. The highest BCUT2D eigenvalue weighted by molar-refractivity contribution is 5.88. The second kappa shape index (κ2) is 3.44. The lowest BCUT2D eigenvalue weighted by molar-refractivity contribution is -0.115. The van der Waals surface area contributed by atoms with Gasteiger partial charge >= 0.3 is 0 Å². The molecule has 0 aromatic carbocycles. The number of nitriles is 1. The summed E-state index contributed by atoms with van der Waals surface area (Å²) in [5.74, 6) is -0.415. The SMILES string of the molecule is C=CC(=O)NC(=C)C#N. The quantitative estimate of drug-likeness (QED) is 0.423. The summed E-state index contributed by atoms with van der Waals surface area (Å²) in [6, 6.07) is 1.66. The van der Waals surface area contributed by atoms with Crippen LogP contribution in [0.25, 0.3) is 0 Å². The maximum atomic E-state index is 10.3. The molecule has 46 valence electrons. The van der Waals surface area contributed by atoms with Crippen molar-refractivity contribution in [3.8, 4) is 6.07 Å². The van der Waals surface area contributed by atoms with Crippen LogP contribution in [-0.4, -0.2) is 5.91 Å². The van der Waals surface area contributed by atoms with Gasteiger partial charge in [0, 0.05) is 0 Å². The van der Waals surface area contributed by atoms with Crippen LogP contribution in [0.2, 0.25) is 0 Å². The maximum Gasteiger partial charge on any atom is 0.248 e. The van der Waals surface area contributed by atoms with Gasteiger partial charge in [-0.1, -0.05) is 13.2 Å². The van der Waals surface area contributed by atoms with E-state index in [-0.39, 0.29) is 5.70 Å². The molecule has 0 rings (SSSR count). The van der Waals surface area contributed by atoms with E-state index in [2.05, 4.69) is 18.5 Å². The molecule has 3 heteroatoms. The molecule has 3 nitrogen and oxygen atoms in total. The fraction of sp³-hybridized carbons (Fsp3) is 0. The molecule has 0 aliphatic carbocycles. The Kier molecular flexibility index (Phi) is 2.85. The topological polar surface area (TPSA) is 52.9 Å². The van der Waals surface area contributed by atoms with Gasteiger partial charge in [-0.05, 0) is 6.08 Å². The summed E-state index contributed by atoms with van der Waals surface area (Å²) in [5, 5.41) is 10.2. The lowest BCUT2D eigenvalue weighted by Gasteiger charge is -1.92. The van der Waals surface area contributed by atoms with Crippen molar-refractivity contribution in [3.63, 3.8) is 0 Å². The van der Waals surface area contributed by atoms with E-state index in [1.54, 1.807) is 6.07 Å². The third-order valence-corrected chi connectivity index (χ3v) is 0.594. The molecular weight excluding hydrogens is 116 g/mol. The van der Waals surface area contributed by atoms with Gasteiger partial charge in [-0.3, -0.25) is 4.79 Å². The van der Waals surface area contributed by atoms with E-state index < -0.39 is 5.91 Å². The minimum Gasteiger partial charge on any atom is -0.314 e. The molecule has 0 spiro atoms. The predicted molar refractivity (Wildman–Crippen MR) is 33.1 cm³/mol. The maximum absolute atomic E-state index is 10.3. The Morgan fingerprint density at radius 3 is 2.67 bits per heavy atom. The number of carbonyl (C=O) groups excluding carboxylic acids is 1. The summed E-state index contributed by atoms with van der Waals surface area (Å²) in [4.78, 5) is 10.3. The number of hydrogen-bond donors (Lipinski definition) is 1. The molecule has 1 amide bonds. The molecule has 0 aliphatic heterocycles. The summed E-state index contributed by atoms with van der Waals surface area (Å²) >= 11 is 0. The molecule has 0 fully saturated rings. The van der Waals surface area contributed by atoms with Crippen molar-refractivity contribution in [3.05, 3.63) is 24.9 Å². The molecule has 0 aromatic heterocycles. The number of nitrogens with one attached hydrogen (secondary N) is 1. The monoisotopic (exact) mass is 122 g/mol. The summed E-state index contributed by atoms with van der Waals surface area (Å²) in [5.41, 5.74) is 0.0277. The van der Waals surface area contributed by atoms with Crippen LogP contribution in [0.5, 0.6) is 0 Å². The smallest absolute Gasteiger partial charge is 0.248 e. The van der Waals surface area contributed by atoms with Crippen molar-refractivity contribution in [2.24, 2.45) is 0 Å². The minimum atomic E-state index is -0.415. The number of carbonyl (C=O) groups is 1. The van der Waals surface area contributed by atoms with Gasteiger partial charge in [-0.25, -0.2) is 0 Å². The minimum absolute atomic E-state index is 0.0277. The van der Waals surface area contributed by atoms with Crippen molar-refractivity contribution in [1.29, 1.82) is 5.26 Å². The largest absolute Gasteiger partial charge is 0.314 e. The van der Waals surface area contributed by atoms with Crippen LogP contribution in [0, 0.1) is 11.3 Å². The molecule has 1 N–H and O–H groups in total.